The molecule has 0 aromatic heterocycles. The fourth-order valence-corrected chi connectivity index (χ4v) is 2.21. The Morgan fingerprint density at radius 1 is 1.20 bits per heavy atom. The Labute approximate surface area is 131 Å². The van der Waals surface area contributed by atoms with Crippen molar-refractivity contribution in [3.8, 4) is 5.75 Å². The van der Waals surface area contributed by atoms with Crippen LogP contribution in [0.3, 0.4) is 0 Å². The van der Waals surface area contributed by atoms with Crippen LogP contribution in [-0.2, 0) is 11.4 Å². The van der Waals surface area contributed by atoms with Crippen molar-refractivity contribution in [1.29, 1.82) is 0 Å². The highest BCUT2D eigenvalue weighted by Gasteiger charge is 2.02. The number of ether oxygens (including phenoxy) is 1. The highest BCUT2D eigenvalue weighted by Crippen LogP contribution is 2.27. The van der Waals surface area contributed by atoms with E-state index in [1.165, 1.54) is 6.08 Å². The standard InChI is InChI=1S/C16H12BrClO2/c17-14-10-12(7-9-16(18)19)6-8-15(14)20-11-13-4-2-1-3-5-13/h1-10H,11H2/b9-7+. The van der Waals surface area contributed by atoms with E-state index in [1.807, 2.05) is 48.5 Å². The summed E-state index contributed by atoms with van der Waals surface area (Å²) in [5.74, 6) is 0.753. The van der Waals surface area contributed by atoms with Crippen LogP contribution in [0.25, 0.3) is 6.08 Å². The van der Waals surface area contributed by atoms with E-state index in [-0.39, 0.29) is 0 Å². The van der Waals surface area contributed by atoms with Gasteiger partial charge in [0.25, 0.3) is 0 Å². The van der Waals surface area contributed by atoms with E-state index in [2.05, 4.69) is 15.9 Å². The van der Waals surface area contributed by atoms with E-state index in [1.54, 1.807) is 6.08 Å². The summed E-state index contributed by atoms with van der Waals surface area (Å²) in [4.78, 5) is 10.7. The van der Waals surface area contributed by atoms with Gasteiger partial charge in [0.05, 0.1) is 4.47 Å². The third kappa shape index (κ3) is 4.51. The second kappa shape index (κ2) is 7.27. The smallest absolute Gasteiger partial charge is 0.245 e. The van der Waals surface area contributed by atoms with Crippen molar-refractivity contribution in [3.63, 3.8) is 0 Å². The Morgan fingerprint density at radius 3 is 2.60 bits per heavy atom. The van der Waals surface area contributed by atoms with Crippen LogP contribution in [0.5, 0.6) is 5.75 Å². The topological polar surface area (TPSA) is 26.3 Å². The van der Waals surface area contributed by atoms with Gasteiger partial charge in [0, 0.05) is 0 Å². The van der Waals surface area contributed by atoms with Crippen LogP contribution in [-0.4, -0.2) is 5.24 Å². The summed E-state index contributed by atoms with van der Waals surface area (Å²) in [5, 5.41) is -0.495. The molecule has 0 N–H and O–H groups in total. The number of carbonyl (C=O) groups excluding carboxylic acids is 1. The molecule has 2 nitrogen and oxygen atoms in total. The van der Waals surface area contributed by atoms with Gasteiger partial charge in [-0.15, -0.1) is 0 Å². The monoisotopic (exact) mass is 350 g/mol. The summed E-state index contributed by atoms with van der Waals surface area (Å²) < 4.78 is 6.57. The molecule has 0 aliphatic heterocycles. The molecular formula is C16H12BrClO2. The van der Waals surface area contributed by atoms with Crippen LogP contribution in [0.4, 0.5) is 0 Å². The summed E-state index contributed by atoms with van der Waals surface area (Å²) >= 11 is 8.71. The zero-order chi connectivity index (χ0) is 14.4. The average Bonchev–Trinajstić information content (AvgIpc) is 2.45. The van der Waals surface area contributed by atoms with Gasteiger partial charge >= 0.3 is 0 Å². The zero-order valence-corrected chi connectivity index (χ0v) is 12.9. The van der Waals surface area contributed by atoms with Crippen molar-refractivity contribution in [3.05, 3.63) is 70.2 Å². The molecule has 0 saturated carbocycles. The third-order valence-electron chi connectivity index (χ3n) is 2.60. The minimum Gasteiger partial charge on any atom is -0.488 e. The van der Waals surface area contributed by atoms with Crippen molar-refractivity contribution >= 4 is 38.8 Å². The van der Waals surface area contributed by atoms with Crippen molar-refractivity contribution in [1.82, 2.24) is 0 Å². The number of halogens is 2. The van der Waals surface area contributed by atoms with Gasteiger partial charge in [-0.1, -0.05) is 42.5 Å². The number of rotatable bonds is 5. The second-order valence-electron chi connectivity index (χ2n) is 4.10. The largest absolute Gasteiger partial charge is 0.488 e. The molecule has 0 unspecified atom stereocenters. The van der Waals surface area contributed by atoms with Gasteiger partial charge in [0.1, 0.15) is 12.4 Å². The molecular weight excluding hydrogens is 340 g/mol. The minimum absolute atomic E-state index is 0.495. The number of allylic oxidation sites excluding steroid dienone is 1. The average molecular weight is 352 g/mol. The highest BCUT2D eigenvalue weighted by molar-refractivity contribution is 9.10. The van der Waals surface area contributed by atoms with Crippen molar-refractivity contribution in [2.24, 2.45) is 0 Å². The predicted octanol–water partition coefficient (Wildman–Crippen LogP) is 4.81. The van der Waals surface area contributed by atoms with Gasteiger partial charge in [0.15, 0.2) is 0 Å². The fourth-order valence-electron chi connectivity index (χ4n) is 1.63. The van der Waals surface area contributed by atoms with Crippen LogP contribution in [0.1, 0.15) is 11.1 Å². The van der Waals surface area contributed by atoms with Gasteiger partial charge in [-0.3, -0.25) is 4.79 Å². The number of benzene rings is 2. The lowest BCUT2D eigenvalue weighted by atomic mass is 10.2. The molecule has 0 fully saturated rings. The maximum Gasteiger partial charge on any atom is 0.245 e. The normalized spacial score (nSPS) is 10.7. The van der Waals surface area contributed by atoms with Gasteiger partial charge in [-0.25, -0.2) is 0 Å². The Kier molecular flexibility index (Phi) is 5.39. The van der Waals surface area contributed by atoms with E-state index < -0.39 is 5.24 Å². The first kappa shape index (κ1) is 14.8. The van der Waals surface area contributed by atoms with Crippen molar-refractivity contribution in [2.45, 2.75) is 6.61 Å². The van der Waals surface area contributed by atoms with Crippen molar-refractivity contribution in [2.75, 3.05) is 0 Å². The molecule has 0 bridgehead atoms. The summed E-state index contributed by atoms with van der Waals surface area (Å²) in [6.07, 6.45) is 2.97. The molecule has 4 heteroatoms. The summed E-state index contributed by atoms with van der Waals surface area (Å²) in [6, 6.07) is 15.5. The summed E-state index contributed by atoms with van der Waals surface area (Å²) in [6.45, 7) is 0.509. The van der Waals surface area contributed by atoms with Gasteiger partial charge in [0.2, 0.25) is 5.24 Å². The quantitative estimate of drug-likeness (QED) is 0.571. The number of carbonyl (C=O) groups is 1. The Bertz CT molecular complexity index is 624. The van der Waals surface area contributed by atoms with E-state index >= 15 is 0 Å². The van der Waals surface area contributed by atoms with Crippen LogP contribution in [0.15, 0.2) is 59.1 Å². The molecule has 0 saturated heterocycles. The molecule has 2 aromatic rings. The Hall–Kier alpha value is -1.58. The Balaban J connectivity index is 2.04. The number of hydrogen-bond acceptors (Lipinski definition) is 2. The summed E-state index contributed by atoms with van der Waals surface area (Å²) in [5.41, 5.74) is 1.98. The first-order chi connectivity index (χ1) is 9.65. The van der Waals surface area contributed by atoms with Crippen LogP contribution < -0.4 is 4.74 Å². The second-order valence-corrected chi connectivity index (χ2v) is 5.33. The maximum atomic E-state index is 10.7. The first-order valence-electron chi connectivity index (χ1n) is 5.99. The lowest BCUT2D eigenvalue weighted by Crippen LogP contribution is -1.95. The molecule has 2 rings (SSSR count). The third-order valence-corrected chi connectivity index (χ3v) is 3.35. The molecule has 0 heterocycles. The van der Waals surface area contributed by atoms with E-state index in [4.69, 9.17) is 16.3 Å². The molecule has 102 valence electrons. The number of hydrogen-bond donors (Lipinski definition) is 0. The van der Waals surface area contributed by atoms with Crippen LogP contribution in [0, 0.1) is 0 Å². The van der Waals surface area contributed by atoms with E-state index in [9.17, 15) is 4.79 Å². The van der Waals surface area contributed by atoms with E-state index in [0.717, 1.165) is 21.3 Å². The molecule has 0 radical (unpaired) electrons. The lowest BCUT2D eigenvalue weighted by Gasteiger charge is -2.08. The molecule has 0 spiro atoms. The van der Waals surface area contributed by atoms with Crippen LogP contribution in [0.2, 0.25) is 0 Å². The molecule has 0 aliphatic carbocycles. The lowest BCUT2D eigenvalue weighted by molar-refractivity contribution is -0.107. The predicted molar refractivity (Wildman–Crippen MR) is 84.8 cm³/mol. The molecule has 0 amide bonds. The molecule has 2 aromatic carbocycles. The molecule has 0 aliphatic rings. The summed E-state index contributed by atoms with van der Waals surface area (Å²) in [7, 11) is 0. The maximum absolute atomic E-state index is 10.7. The fraction of sp³-hybridized carbons (Fsp3) is 0.0625. The SMILES string of the molecule is O=C(Cl)/C=C/c1ccc(OCc2ccccc2)c(Br)c1. The molecule has 20 heavy (non-hydrogen) atoms. The van der Waals surface area contributed by atoms with Crippen LogP contribution >= 0.6 is 27.5 Å². The molecule has 0 atom stereocenters. The van der Waals surface area contributed by atoms with E-state index in [0.29, 0.717) is 6.61 Å². The van der Waals surface area contributed by atoms with Crippen molar-refractivity contribution < 1.29 is 9.53 Å². The van der Waals surface area contributed by atoms with Gasteiger partial charge < -0.3 is 4.74 Å². The Morgan fingerprint density at radius 2 is 1.95 bits per heavy atom. The first-order valence-corrected chi connectivity index (χ1v) is 7.16. The van der Waals surface area contributed by atoms with Gasteiger partial charge in [-0.2, -0.15) is 0 Å². The zero-order valence-electron chi connectivity index (χ0n) is 10.6. The highest BCUT2D eigenvalue weighted by atomic mass is 79.9. The minimum atomic E-state index is -0.495. The van der Waals surface area contributed by atoms with Gasteiger partial charge in [-0.05, 0) is 56.9 Å².